The van der Waals surface area contributed by atoms with Gasteiger partial charge in [-0.05, 0) is 24.9 Å². The Morgan fingerprint density at radius 3 is 2.90 bits per heavy atom. The van der Waals surface area contributed by atoms with Gasteiger partial charge in [0, 0.05) is 17.8 Å². The average molecular weight is 310 g/mol. The van der Waals surface area contributed by atoms with Gasteiger partial charge in [0.1, 0.15) is 5.00 Å². The molecule has 6 heteroatoms. The highest BCUT2D eigenvalue weighted by atomic mass is 32.1. The van der Waals surface area contributed by atoms with E-state index in [4.69, 9.17) is 4.74 Å². The lowest BCUT2D eigenvalue weighted by Gasteiger charge is -2.13. The monoisotopic (exact) mass is 310 g/mol. The maximum absolute atomic E-state index is 12.0. The van der Waals surface area contributed by atoms with Crippen molar-refractivity contribution in [2.45, 2.75) is 45.6 Å². The van der Waals surface area contributed by atoms with Crippen LogP contribution in [0, 0.1) is 0 Å². The second-order valence-electron chi connectivity index (χ2n) is 5.13. The summed E-state index contributed by atoms with van der Waals surface area (Å²) in [6.45, 7) is 3.70. The molecule has 1 aliphatic rings. The van der Waals surface area contributed by atoms with Crippen LogP contribution in [-0.4, -0.2) is 25.5 Å². The van der Waals surface area contributed by atoms with Crippen molar-refractivity contribution >= 4 is 28.2 Å². The second-order valence-corrected chi connectivity index (χ2v) is 6.24. The fourth-order valence-electron chi connectivity index (χ4n) is 2.47. The van der Waals surface area contributed by atoms with Gasteiger partial charge in [0.2, 0.25) is 5.91 Å². The summed E-state index contributed by atoms with van der Waals surface area (Å²) in [6, 6.07) is 0. The Bertz CT molecular complexity index is 525. The van der Waals surface area contributed by atoms with Crippen LogP contribution in [0.5, 0.6) is 0 Å². The second kappa shape index (κ2) is 7.56. The Labute approximate surface area is 129 Å². The topological polar surface area (TPSA) is 67.4 Å². The zero-order valence-corrected chi connectivity index (χ0v) is 13.4. The molecule has 0 atom stereocenters. The van der Waals surface area contributed by atoms with Crippen LogP contribution in [0.15, 0.2) is 0 Å². The largest absolute Gasteiger partial charge is 0.465 e. The maximum atomic E-state index is 12.0. The smallest absolute Gasteiger partial charge is 0.341 e. The Kier molecular flexibility index (Phi) is 5.76. The molecular formula is C15H22N2O3S. The normalized spacial score (nSPS) is 13.6. The van der Waals surface area contributed by atoms with Crippen LogP contribution < -0.4 is 10.6 Å². The van der Waals surface area contributed by atoms with E-state index in [-0.39, 0.29) is 11.9 Å². The number of amides is 1. The summed E-state index contributed by atoms with van der Waals surface area (Å²) in [6.07, 6.45) is 4.29. The number of unbranched alkanes of at least 4 members (excludes halogenated alkanes) is 2. The fourth-order valence-corrected chi connectivity index (χ4v) is 3.69. The molecule has 0 radical (unpaired) electrons. The van der Waals surface area contributed by atoms with E-state index >= 15 is 0 Å². The van der Waals surface area contributed by atoms with E-state index in [1.54, 1.807) is 0 Å². The van der Waals surface area contributed by atoms with Crippen molar-refractivity contribution in [3.8, 4) is 0 Å². The molecule has 1 aromatic heterocycles. The Morgan fingerprint density at radius 2 is 2.19 bits per heavy atom. The van der Waals surface area contributed by atoms with Crippen molar-refractivity contribution in [2.75, 3.05) is 19.0 Å². The minimum atomic E-state index is -0.363. The summed E-state index contributed by atoms with van der Waals surface area (Å²) in [4.78, 5) is 25.1. The lowest BCUT2D eigenvalue weighted by Crippen LogP contribution is -2.23. The first-order chi connectivity index (χ1) is 10.2. The Hall–Kier alpha value is -1.40. The number of nitrogens with one attached hydrogen (secondary N) is 2. The number of thiophene rings is 1. The fraction of sp³-hybridized carbons (Fsp3) is 0.600. The van der Waals surface area contributed by atoms with E-state index in [0.29, 0.717) is 17.0 Å². The lowest BCUT2D eigenvalue weighted by atomic mass is 10.0. The number of rotatable bonds is 6. The van der Waals surface area contributed by atoms with Gasteiger partial charge in [0.05, 0.1) is 12.7 Å². The third kappa shape index (κ3) is 3.83. The highest BCUT2D eigenvalue weighted by Crippen LogP contribution is 2.36. The van der Waals surface area contributed by atoms with Crippen LogP contribution in [0.1, 0.15) is 53.4 Å². The van der Waals surface area contributed by atoms with E-state index in [1.807, 2.05) is 0 Å². The van der Waals surface area contributed by atoms with Gasteiger partial charge in [-0.25, -0.2) is 4.79 Å². The molecule has 2 heterocycles. The van der Waals surface area contributed by atoms with Gasteiger partial charge in [-0.1, -0.05) is 19.8 Å². The predicted octanol–water partition coefficient (Wildman–Crippen LogP) is 2.70. The van der Waals surface area contributed by atoms with Crippen molar-refractivity contribution in [2.24, 2.45) is 0 Å². The van der Waals surface area contributed by atoms with E-state index in [9.17, 15) is 9.59 Å². The standard InChI is InChI=1S/C15H22N2O3S/c1-3-4-5-6-12(18)17-14-13(15(19)20-2)10-7-8-16-9-11(10)21-14/h16H,3-9H2,1-2H3,(H,17,18). The number of hydrogen-bond acceptors (Lipinski definition) is 5. The van der Waals surface area contributed by atoms with Crippen molar-refractivity contribution in [1.82, 2.24) is 5.32 Å². The van der Waals surface area contributed by atoms with E-state index < -0.39 is 0 Å². The molecular weight excluding hydrogens is 288 g/mol. The number of ether oxygens (including phenoxy) is 1. The molecule has 0 aromatic carbocycles. The first-order valence-corrected chi connectivity index (χ1v) is 8.22. The number of carbonyl (C=O) groups excluding carboxylic acids is 2. The van der Waals surface area contributed by atoms with E-state index in [1.165, 1.54) is 18.4 Å². The van der Waals surface area contributed by atoms with E-state index in [0.717, 1.165) is 49.2 Å². The Balaban J connectivity index is 2.16. The Morgan fingerprint density at radius 1 is 1.38 bits per heavy atom. The van der Waals surface area contributed by atoms with Gasteiger partial charge in [-0.2, -0.15) is 0 Å². The quantitative estimate of drug-likeness (QED) is 0.626. The first-order valence-electron chi connectivity index (χ1n) is 7.40. The van der Waals surface area contributed by atoms with Crippen molar-refractivity contribution < 1.29 is 14.3 Å². The lowest BCUT2D eigenvalue weighted by molar-refractivity contribution is -0.116. The summed E-state index contributed by atoms with van der Waals surface area (Å²) < 4.78 is 4.88. The van der Waals surface area contributed by atoms with Crippen molar-refractivity contribution in [1.29, 1.82) is 0 Å². The molecule has 0 spiro atoms. The van der Waals surface area contributed by atoms with Crippen LogP contribution in [0.3, 0.4) is 0 Å². The van der Waals surface area contributed by atoms with Gasteiger partial charge < -0.3 is 15.4 Å². The summed E-state index contributed by atoms with van der Waals surface area (Å²) in [5, 5.41) is 6.81. The highest BCUT2D eigenvalue weighted by Gasteiger charge is 2.26. The predicted molar refractivity (Wildman–Crippen MR) is 83.8 cm³/mol. The molecule has 0 fully saturated rings. The molecule has 1 amide bonds. The summed E-state index contributed by atoms with van der Waals surface area (Å²) in [5.41, 5.74) is 1.57. The number of hydrogen-bond donors (Lipinski definition) is 2. The average Bonchev–Trinajstić information content (AvgIpc) is 2.84. The molecule has 1 aliphatic heterocycles. The zero-order valence-electron chi connectivity index (χ0n) is 12.6. The minimum Gasteiger partial charge on any atom is -0.465 e. The van der Waals surface area contributed by atoms with Gasteiger partial charge >= 0.3 is 5.97 Å². The van der Waals surface area contributed by atoms with Crippen molar-refractivity contribution in [3.63, 3.8) is 0 Å². The summed E-state index contributed by atoms with van der Waals surface area (Å²) in [5.74, 6) is -0.390. The molecule has 0 bridgehead atoms. The minimum absolute atomic E-state index is 0.0276. The molecule has 0 unspecified atom stereocenters. The van der Waals surface area contributed by atoms with Crippen LogP contribution in [0.25, 0.3) is 0 Å². The van der Waals surface area contributed by atoms with Crippen LogP contribution >= 0.6 is 11.3 Å². The number of anilines is 1. The molecule has 0 saturated heterocycles. The van der Waals surface area contributed by atoms with Gasteiger partial charge in [0.25, 0.3) is 0 Å². The first kappa shape index (κ1) is 16.0. The number of carbonyl (C=O) groups is 2. The van der Waals surface area contributed by atoms with Crippen LogP contribution in [0.2, 0.25) is 0 Å². The highest BCUT2D eigenvalue weighted by molar-refractivity contribution is 7.17. The molecule has 5 nitrogen and oxygen atoms in total. The SMILES string of the molecule is CCCCCC(=O)Nc1sc2c(c1C(=O)OC)CCNC2. The third-order valence-corrected chi connectivity index (χ3v) is 4.73. The maximum Gasteiger partial charge on any atom is 0.341 e. The molecule has 21 heavy (non-hydrogen) atoms. The molecule has 2 N–H and O–H groups in total. The molecule has 0 aliphatic carbocycles. The summed E-state index contributed by atoms with van der Waals surface area (Å²) >= 11 is 1.48. The molecule has 116 valence electrons. The van der Waals surface area contributed by atoms with Gasteiger partial charge in [-0.15, -0.1) is 11.3 Å². The van der Waals surface area contributed by atoms with E-state index in [2.05, 4.69) is 17.6 Å². The zero-order chi connectivity index (χ0) is 15.2. The van der Waals surface area contributed by atoms with Crippen LogP contribution in [-0.2, 0) is 22.5 Å². The number of fused-ring (bicyclic) bond motifs is 1. The molecule has 1 aromatic rings. The van der Waals surface area contributed by atoms with Crippen LogP contribution in [0.4, 0.5) is 5.00 Å². The van der Waals surface area contributed by atoms with Gasteiger partial charge in [-0.3, -0.25) is 4.79 Å². The molecule has 2 rings (SSSR count). The summed E-state index contributed by atoms with van der Waals surface area (Å²) in [7, 11) is 1.38. The number of esters is 1. The van der Waals surface area contributed by atoms with Crippen molar-refractivity contribution in [3.05, 3.63) is 16.0 Å². The third-order valence-electron chi connectivity index (χ3n) is 3.58. The number of methoxy groups -OCH3 is 1. The van der Waals surface area contributed by atoms with Gasteiger partial charge in [0.15, 0.2) is 0 Å². The molecule has 0 saturated carbocycles.